The lowest BCUT2D eigenvalue weighted by molar-refractivity contribution is -0.136. The van der Waals surface area contributed by atoms with E-state index in [1.54, 1.807) is 23.1 Å². The summed E-state index contributed by atoms with van der Waals surface area (Å²) in [7, 11) is 0. The van der Waals surface area contributed by atoms with Gasteiger partial charge < -0.3 is 20.4 Å². The maximum absolute atomic E-state index is 13.1. The maximum Gasteiger partial charge on any atom is 0.321 e. The Hall–Kier alpha value is -2.53. The zero-order valence-corrected chi connectivity index (χ0v) is 20.7. The average molecular weight is 524 g/mol. The number of amides is 3. The number of hydrogen-bond donors (Lipinski definition) is 2. The van der Waals surface area contributed by atoms with E-state index in [9.17, 15) is 14.0 Å². The number of halogens is 3. The maximum atomic E-state index is 13.1. The van der Waals surface area contributed by atoms with E-state index in [0.29, 0.717) is 60.7 Å². The molecule has 9 nitrogen and oxygen atoms in total. The smallest absolute Gasteiger partial charge is 0.321 e. The van der Waals surface area contributed by atoms with Crippen molar-refractivity contribution in [3.05, 3.63) is 52.3 Å². The Labute approximate surface area is 213 Å². The van der Waals surface area contributed by atoms with Gasteiger partial charge in [0.2, 0.25) is 5.91 Å². The molecule has 1 aromatic heterocycles. The number of carbonyl (C=O) groups is 2. The van der Waals surface area contributed by atoms with Gasteiger partial charge in [0.25, 0.3) is 0 Å². The highest BCUT2D eigenvalue weighted by Crippen LogP contribution is 2.25. The third-order valence-electron chi connectivity index (χ3n) is 6.16. The first-order chi connectivity index (χ1) is 16.9. The van der Waals surface area contributed by atoms with E-state index in [1.165, 1.54) is 12.4 Å². The normalized spacial score (nSPS) is 19.0. The van der Waals surface area contributed by atoms with Crippen LogP contribution in [0.1, 0.15) is 12.2 Å². The second kappa shape index (κ2) is 11.9. The van der Waals surface area contributed by atoms with Crippen molar-refractivity contribution in [2.45, 2.75) is 18.9 Å². The molecule has 0 bridgehead atoms. The fraction of sp³-hybridized carbons (Fsp3) is 0.478. The van der Waals surface area contributed by atoms with Crippen LogP contribution in [0.4, 0.5) is 14.9 Å². The van der Waals surface area contributed by atoms with E-state index >= 15 is 0 Å². The van der Waals surface area contributed by atoms with E-state index in [2.05, 4.69) is 25.5 Å². The van der Waals surface area contributed by atoms with Gasteiger partial charge in [-0.25, -0.2) is 19.2 Å². The number of aromatic nitrogens is 2. The van der Waals surface area contributed by atoms with Crippen LogP contribution in [-0.2, 0) is 11.2 Å². The van der Waals surface area contributed by atoms with Crippen LogP contribution in [0, 0.1) is 5.82 Å². The summed E-state index contributed by atoms with van der Waals surface area (Å²) in [6, 6.07) is 4.42. The SMILES string of the molecule is O=C(Nc1ccc(Cl)c(Cl)c1)N1CCN(C(=O)[C@H]2CN(CCCc3ncc(F)cn3)CCN2)CC1. The Morgan fingerprint density at radius 3 is 2.49 bits per heavy atom. The zero-order chi connectivity index (χ0) is 24.8. The van der Waals surface area contributed by atoms with Crippen molar-refractivity contribution >= 4 is 40.8 Å². The molecule has 0 spiro atoms. The van der Waals surface area contributed by atoms with Gasteiger partial charge in [0.1, 0.15) is 5.82 Å². The third-order valence-corrected chi connectivity index (χ3v) is 6.89. The fourth-order valence-electron chi connectivity index (χ4n) is 4.24. The molecular weight excluding hydrogens is 496 g/mol. The summed E-state index contributed by atoms with van der Waals surface area (Å²) in [5, 5.41) is 6.94. The van der Waals surface area contributed by atoms with Crippen LogP contribution < -0.4 is 10.6 Å². The number of aryl methyl sites for hydroxylation is 1. The summed E-state index contributed by atoms with van der Waals surface area (Å²) < 4.78 is 12.9. The highest BCUT2D eigenvalue weighted by atomic mass is 35.5. The number of nitrogens with one attached hydrogen (secondary N) is 2. The molecule has 4 rings (SSSR count). The molecule has 0 radical (unpaired) electrons. The van der Waals surface area contributed by atoms with E-state index in [0.717, 1.165) is 26.1 Å². The predicted octanol–water partition coefficient (Wildman–Crippen LogP) is 2.51. The van der Waals surface area contributed by atoms with Crippen molar-refractivity contribution < 1.29 is 14.0 Å². The molecule has 2 aliphatic rings. The van der Waals surface area contributed by atoms with E-state index in [1.807, 2.05) is 4.90 Å². The van der Waals surface area contributed by atoms with Gasteiger partial charge in [0, 0.05) is 57.9 Å². The van der Waals surface area contributed by atoms with E-state index in [4.69, 9.17) is 23.2 Å². The van der Waals surface area contributed by atoms with Crippen LogP contribution in [0.15, 0.2) is 30.6 Å². The van der Waals surface area contributed by atoms with E-state index in [-0.39, 0.29) is 18.0 Å². The number of hydrogen-bond acceptors (Lipinski definition) is 6. The highest BCUT2D eigenvalue weighted by molar-refractivity contribution is 6.42. The quantitative estimate of drug-likeness (QED) is 0.604. The van der Waals surface area contributed by atoms with Gasteiger partial charge in [0.15, 0.2) is 5.82 Å². The Balaban J connectivity index is 1.20. The minimum Gasteiger partial charge on any atom is -0.338 e. The topological polar surface area (TPSA) is 93.7 Å². The second-order valence-electron chi connectivity index (χ2n) is 8.60. The molecule has 2 aliphatic heterocycles. The monoisotopic (exact) mass is 523 g/mol. The summed E-state index contributed by atoms with van der Waals surface area (Å²) in [4.78, 5) is 39.4. The van der Waals surface area contributed by atoms with Crippen molar-refractivity contribution in [1.82, 2.24) is 30.0 Å². The second-order valence-corrected chi connectivity index (χ2v) is 9.41. The predicted molar refractivity (Wildman–Crippen MR) is 132 cm³/mol. The molecule has 2 fully saturated rings. The molecule has 3 amide bonds. The van der Waals surface area contributed by atoms with Crippen LogP contribution >= 0.6 is 23.2 Å². The Morgan fingerprint density at radius 1 is 1.06 bits per heavy atom. The van der Waals surface area contributed by atoms with Crippen molar-refractivity contribution in [1.29, 1.82) is 0 Å². The highest BCUT2D eigenvalue weighted by Gasteiger charge is 2.31. The van der Waals surface area contributed by atoms with Crippen LogP contribution in [0.2, 0.25) is 10.0 Å². The van der Waals surface area contributed by atoms with Gasteiger partial charge in [-0.1, -0.05) is 23.2 Å². The number of benzene rings is 1. The molecule has 0 unspecified atom stereocenters. The summed E-state index contributed by atoms with van der Waals surface area (Å²) in [5.74, 6) is 0.237. The first-order valence-electron chi connectivity index (χ1n) is 11.6. The van der Waals surface area contributed by atoms with Gasteiger partial charge in [-0.2, -0.15) is 0 Å². The summed E-state index contributed by atoms with van der Waals surface area (Å²) in [6.07, 6.45) is 3.85. The number of nitrogens with zero attached hydrogens (tertiary/aromatic N) is 5. The van der Waals surface area contributed by atoms with Crippen molar-refractivity contribution in [2.24, 2.45) is 0 Å². The van der Waals surface area contributed by atoms with E-state index < -0.39 is 5.82 Å². The third kappa shape index (κ3) is 7.00. The molecule has 0 saturated carbocycles. The minimum atomic E-state index is -0.440. The van der Waals surface area contributed by atoms with Crippen LogP contribution in [0.25, 0.3) is 0 Å². The summed E-state index contributed by atoms with van der Waals surface area (Å²) in [6.45, 7) is 4.89. The Bertz CT molecular complexity index is 1040. The molecule has 188 valence electrons. The molecule has 0 aliphatic carbocycles. The first-order valence-corrected chi connectivity index (χ1v) is 12.4. The lowest BCUT2D eigenvalue weighted by Crippen LogP contribution is -2.61. The molecule has 35 heavy (non-hydrogen) atoms. The van der Waals surface area contributed by atoms with Gasteiger partial charge in [0.05, 0.1) is 28.5 Å². The largest absolute Gasteiger partial charge is 0.338 e. The molecule has 2 saturated heterocycles. The lowest BCUT2D eigenvalue weighted by Gasteiger charge is -2.39. The number of carbonyl (C=O) groups excluding carboxylic acids is 2. The standard InChI is InChI=1S/C23H28Cl2FN7O2/c24-18-4-3-17(12-19(18)25)30-23(35)33-10-8-32(9-11-33)22(34)20-15-31(7-5-27-20)6-1-2-21-28-13-16(26)14-29-21/h3-4,12-14,20,27H,1-2,5-11,15H2,(H,30,35)/t20-/m1/s1. The summed E-state index contributed by atoms with van der Waals surface area (Å²) >= 11 is 11.9. The van der Waals surface area contributed by atoms with Gasteiger partial charge in [-0.3, -0.25) is 9.69 Å². The van der Waals surface area contributed by atoms with Gasteiger partial charge in [-0.15, -0.1) is 0 Å². The lowest BCUT2D eigenvalue weighted by atomic mass is 10.1. The van der Waals surface area contributed by atoms with Gasteiger partial charge >= 0.3 is 6.03 Å². The Kier molecular flexibility index (Phi) is 8.72. The number of anilines is 1. The van der Waals surface area contributed by atoms with Crippen LogP contribution in [0.5, 0.6) is 0 Å². The van der Waals surface area contributed by atoms with Crippen molar-refractivity contribution in [3.8, 4) is 0 Å². The Morgan fingerprint density at radius 2 is 1.77 bits per heavy atom. The molecule has 3 heterocycles. The molecule has 2 N–H and O–H groups in total. The number of piperazine rings is 2. The first kappa shape index (κ1) is 25.6. The molecule has 1 aromatic carbocycles. The molecule has 1 atom stereocenters. The fourth-order valence-corrected chi connectivity index (χ4v) is 4.53. The zero-order valence-electron chi connectivity index (χ0n) is 19.2. The molecular formula is C23H28Cl2FN7O2. The minimum absolute atomic E-state index is 0.0566. The summed E-state index contributed by atoms with van der Waals surface area (Å²) in [5.41, 5.74) is 0.570. The molecule has 2 aromatic rings. The number of rotatable bonds is 6. The van der Waals surface area contributed by atoms with Crippen LogP contribution in [0.3, 0.4) is 0 Å². The van der Waals surface area contributed by atoms with Crippen molar-refractivity contribution in [3.63, 3.8) is 0 Å². The van der Waals surface area contributed by atoms with Crippen LogP contribution in [-0.4, -0.2) is 95.0 Å². The average Bonchev–Trinajstić information content (AvgIpc) is 2.87. The van der Waals surface area contributed by atoms with Gasteiger partial charge in [-0.05, 0) is 31.2 Å². The number of urea groups is 1. The van der Waals surface area contributed by atoms with Crippen molar-refractivity contribution in [2.75, 3.05) is 57.7 Å². The molecule has 12 heteroatoms.